The van der Waals surface area contributed by atoms with Crippen LogP contribution in [-0.4, -0.2) is 52.4 Å². The lowest BCUT2D eigenvalue weighted by atomic mass is 9.98. The largest absolute Gasteiger partial charge is 0.490 e. The van der Waals surface area contributed by atoms with Crippen LogP contribution in [0.1, 0.15) is 38.7 Å². The molecule has 0 saturated carbocycles. The number of rotatable bonds is 10. The van der Waals surface area contributed by atoms with Crippen LogP contribution in [0, 0.1) is 5.92 Å². The average molecular weight is 385 g/mol. The van der Waals surface area contributed by atoms with Gasteiger partial charge in [0.25, 0.3) is 0 Å². The molecule has 0 amide bonds. The first-order valence-electron chi connectivity index (χ1n) is 9.47. The Morgan fingerprint density at radius 3 is 2.77 bits per heavy atom. The van der Waals surface area contributed by atoms with Gasteiger partial charge in [0, 0.05) is 25.2 Å². The van der Waals surface area contributed by atoms with Crippen molar-refractivity contribution in [1.29, 1.82) is 0 Å². The molecule has 1 aromatic rings. The molecule has 1 aliphatic heterocycles. The second-order valence-corrected chi connectivity index (χ2v) is 8.72. The van der Waals surface area contributed by atoms with Crippen LogP contribution in [0.5, 0.6) is 11.5 Å². The van der Waals surface area contributed by atoms with E-state index in [2.05, 4.69) is 22.6 Å². The Balaban J connectivity index is 2.05. The Bertz CT molecular complexity index is 664. The smallest absolute Gasteiger partial charge is 0.208 e. The third-order valence-electron chi connectivity index (χ3n) is 4.44. The SMILES string of the molecule is CCCOc1c(CN2CCC[C@@H](CNS(C)(=O)=O)C2)cccc1OCC. The zero-order valence-corrected chi connectivity index (χ0v) is 17.0. The molecule has 1 N–H and O–H groups in total. The van der Waals surface area contributed by atoms with Crippen molar-refractivity contribution in [2.45, 2.75) is 39.7 Å². The van der Waals surface area contributed by atoms with Gasteiger partial charge in [-0.15, -0.1) is 0 Å². The number of nitrogens with zero attached hydrogens (tertiary/aromatic N) is 1. The van der Waals surface area contributed by atoms with Gasteiger partial charge in [0.15, 0.2) is 11.5 Å². The first-order valence-corrected chi connectivity index (χ1v) is 11.4. The fourth-order valence-corrected chi connectivity index (χ4v) is 3.83. The number of hydrogen-bond donors (Lipinski definition) is 1. The maximum atomic E-state index is 11.3. The van der Waals surface area contributed by atoms with Crippen LogP contribution in [0.4, 0.5) is 0 Å². The zero-order chi connectivity index (χ0) is 19.0. The van der Waals surface area contributed by atoms with E-state index in [1.807, 2.05) is 19.1 Å². The number of benzene rings is 1. The summed E-state index contributed by atoms with van der Waals surface area (Å²) < 4.78 is 37.0. The Hall–Kier alpha value is -1.31. The van der Waals surface area contributed by atoms with Gasteiger partial charge in [-0.2, -0.15) is 0 Å². The summed E-state index contributed by atoms with van der Waals surface area (Å²) in [6.07, 6.45) is 4.29. The molecule has 0 unspecified atom stereocenters. The van der Waals surface area contributed by atoms with E-state index in [1.54, 1.807) is 0 Å². The molecule has 1 atom stereocenters. The number of para-hydroxylation sites is 1. The molecule has 0 bridgehead atoms. The molecule has 7 heteroatoms. The second-order valence-electron chi connectivity index (χ2n) is 6.89. The van der Waals surface area contributed by atoms with E-state index in [0.29, 0.717) is 25.7 Å². The monoisotopic (exact) mass is 384 g/mol. The van der Waals surface area contributed by atoms with Crippen LogP contribution in [0.25, 0.3) is 0 Å². The van der Waals surface area contributed by atoms with E-state index in [4.69, 9.17) is 9.47 Å². The fraction of sp³-hybridized carbons (Fsp3) is 0.684. The lowest BCUT2D eigenvalue weighted by Gasteiger charge is -2.33. The summed E-state index contributed by atoms with van der Waals surface area (Å²) in [7, 11) is -3.13. The lowest BCUT2D eigenvalue weighted by Crippen LogP contribution is -2.40. The van der Waals surface area contributed by atoms with Crippen molar-refractivity contribution in [3.05, 3.63) is 23.8 Å². The number of ether oxygens (including phenoxy) is 2. The van der Waals surface area contributed by atoms with Crippen LogP contribution < -0.4 is 14.2 Å². The highest BCUT2D eigenvalue weighted by Crippen LogP contribution is 2.33. The minimum Gasteiger partial charge on any atom is -0.490 e. The van der Waals surface area contributed by atoms with Gasteiger partial charge in [-0.1, -0.05) is 19.1 Å². The van der Waals surface area contributed by atoms with Crippen molar-refractivity contribution < 1.29 is 17.9 Å². The van der Waals surface area contributed by atoms with Gasteiger partial charge in [-0.3, -0.25) is 4.90 Å². The summed E-state index contributed by atoms with van der Waals surface area (Å²) in [5.74, 6) is 1.98. The molecule has 1 fully saturated rings. The van der Waals surface area contributed by atoms with Crippen LogP contribution in [-0.2, 0) is 16.6 Å². The van der Waals surface area contributed by atoms with Gasteiger partial charge in [0.05, 0.1) is 19.5 Å². The maximum Gasteiger partial charge on any atom is 0.208 e. The topological polar surface area (TPSA) is 67.9 Å². The third kappa shape index (κ3) is 6.78. The van der Waals surface area contributed by atoms with Gasteiger partial charge in [-0.25, -0.2) is 13.1 Å². The molecule has 1 aliphatic rings. The molecule has 2 rings (SSSR count). The summed E-state index contributed by atoms with van der Waals surface area (Å²) in [5, 5.41) is 0. The van der Waals surface area contributed by atoms with E-state index in [1.165, 1.54) is 6.26 Å². The number of sulfonamides is 1. The molecule has 148 valence electrons. The Morgan fingerprint density at radius 1 is 1.27 bits per heavy atom. The van der Waals surface area contributed by atoms with Gasteiger partial charge < -0.3 is 9.47 Å². The van der Waals surface area contributed by atoms with Crippen molar-refractivity contribution in [2.75, 3.05) is 39.1 Å². The first kappa shape index (κ1) is 21.0. The molecule has 0 radical (unpaired) electrons. The van der Waals surface area contributed by atoms with Crippen molar-refractivity contribution in [3.8, 4) is 11.5 Å². The number of piperidine rings is 1. The second kappa shape index (κ2) is 10.1. The third-order valence-corrected chi connectivity index (χ3v) is 5.13. The normalized spacial score (nSPS) is 18.7. The molecular formula is C19H32N2O4S. The summed E-state index contributed by atoms with van der Waals surface area (Å²) in [4.78, 5) is 2.38. The van der Waals surface area contributed by atoms with Gasteiger partial charge in [0.2, 0.25) is 10.0 Å². The van der Waals surface area contributed by atoms with Gasteiger partial charge in [0.1, 0.15) is 0 Å². The van der Waals surface area contributed by atoms with Crippen molar-refractivity contribution >= 4 is 10.0 Å². The van der Waals surface area contributed by atoms with E-state index >= 15 is 0 Å². The van der Waals surface area contributed by atoms with Crippen molar-refractivity contribution in [2.24, 2.45) is 5.92 Å². The molecular weight excluding hydrogens is 352 g/mol. The predicted molar refractivity (Wildman–Crippen MR) is 104 cm³/mol. The molecule has 26 heavy (non-hydrogen) atoms. The van der Waals surface area contributed by atoms with Crippen LogP contribution in [0.15, 0.2) is 18.2 Å². The zero-order valence-electron chi connectivity index (χ0n) is 16.2. The number of likely N-dealkylation sites (tertiary alicyclic amines) is 1. The Kier molecular flexibility index (Phi) is 8.18. The van der Waals surface area contributed by atoms with Crippen molar-refractivity contribution in [1.82, 2.24) is 9.62 Å². The standard InChI is InChI=1S/C19H32N2O4S/c1-4-12-25-19-17(9-6-10-18(19)24-5-2)15-21-11-7-8-16(14-21)13-20-26(3,22)23/h6,9-10,16,20H,4-5,7-8,11-15H2,1-3H3/t16-/m0/s1. The number of hydrogen-bond acceptors (Lipinski definition) is 5. The van der Waals surface area contributed by atoms with Crippen LogP contribution in [0.3, 0.4) is 0 Å². The molecule has 6 nitrogen and oxygen atoms in total. The minimum absolute atomic E-state index is 0.341. The van der Waals surface area contributed by atoms with E-state index in [9.17, 15) is 8.42 Å². The maximum absolute atomic E-state index is 11.3. The Morgan fingerprint density at radius 2 is 2.08 bits per heavy atom. The Labute approximate surface area is 157 Å². The summed E-state index contributed by atoms with van der Waals surface area (Å²) >= 11 is 0. The average Bonchev–Trinajstić information content (AvgIpc) is 2.59. The molecule has 1 heterocycles. The first-order chi connectivity index (χ1) is 12.4. The molecule has 0 aromatic heterocycles. The summed E-state index contributed by atoms with van der Waals surface area (Å²) in [5.41, 5.74) is 1.13. The van der Waals surface area contributed by atoms with E-state index in [0.717, 1.165) is 56.0 Å². The summed E-state index contributed by atoms with van der Waals surface area (Å²) in [6, 6.07) is 6.05. The van der Waals surface area contributed by atoms with Crippen molar-refractivity contribution in [3.63, 3.8) is 0 Å². The van der Waals surface area contributed by atoms with E-state index in [-0.39, 0.29) is 0 Å². The highest BCUT2D eigenvalue weighted by Gasteiger charge is 2.22. The van der Waals surface area contributed by atoms with Crippen LogP contribution >= 0.6 is 0 Å². The lowest BCUT2D eigenvalue weighted by molar-refractivity contribution is 0.166. The van der Waals surface area contributed by atoms with E-state index < -0.39 is 10.0 Å². The quantitative estimate of drug-likeness (QED) is 0.672. The van der Waals surface area contributed by atoms with Gasteiger partial charge in [-0.05, 0) is 44.7 Å². The molecule has 0 aliphatic carbocycles. The van der Waals surface area contributed by atoms with Gasteiger partial charge >= 0.3 is 0 Å². The molecule has 0 spiro atoms. The summed E-state index contributed by atoms with van der Waals surface area (Å²) in [6.45, 7) is 8.53. The fourth-order valence-electron chi connectivity index (χ4n) is 3.29. The van der Waals surface area contributed by atoms with Crippen LogP contribution in [0.2, 0.25) is 0 Å². The number of nitrogens with one attached hydrogen (secondary N) is 1. The molecule has 1 saturated heterocycles. The highest BCUT2D eigenvalue weighted by molar-refractivity contribution is 7.88. The minimum atomic E-state index is -3.13. The highest BCUT2D eigenvalue weighted by atomic mass is 32.2. The molecule has 1 aromatic carbocycles. The predicted octanol–water partition coefficient (Wildman–Crippen LogP) is 2.64.